The molecule has 4 amide bonds. The van der Waals surface area contributed by atoms with Crippen molar-refractivity contribution in [3.05, 3.63) is 99.3 Å². The Bertz CT molecular complexity index is 2610. The Morgan fingerprint density at radius 2 is 1.59 bits per heavy atom. The molecule has 2 unspecified atom stereocenters. The van der Waals surface area contributed by atoms with Crippen LogP contribution in [0.15, 0.2) is 71.5 Å². The maximum Gasteiger partial charge on any atom is 0.255 e. The lowest BCUT2D eigenvalue weighted by Gasteiger charge is -2.63. The predicted octanol–water partition coefficient (Wildman–Crippen LogP) is 4.95. The van der Waals surface area contributed by atoms with Crippen LogP contribution in [0.5, 0.6) is 5.75 Å². The number of carbonyl (C=O) groups is 4. The van der Waals surface area contributed by atoms with Crippen LogP contribution in [0.4, 0.5) is 11.4 Å². The minimum absolute atomic E-state index is 0.118. The number of piperidine rings is 3. The highest BCUT2D eigenvalue weighted by atomic mass is 16.5. The molecule has 11 rings (SSSR count). The molecule has 1 aliphatic carbocycles. The number of aromatic nitrogens is 1. The van der Waals surface area contributed by atoms with Gasteiger partial charge in [-0.25, -0.2) is 0 Å². The fourth-order valence-corrected chi connectivity index (χ4v) is 12.0. The highest BCUT2D eigenvalue weighted by molar-refractivity contribution is 6.05. The number of pyridine rings is 1. The van der Waals surface area contributed by atoms with Gasteiger partial charge in [0, 0.05) is 109 Å². The number of nitrogens with one attached hydrogen (secondary N) is 3. The molecule has 6 aliphatic heterocycles. The van der Waals surface area contributed by atoms with Gasteiger partial charge < -0.3 is 29.7 Å². The summed E-state index contributed by atoms with van der Waals surface area (Å²) in [6.07, 6.45) is 3.82. The van der Waals surface area contributed by atoms with Gasteiger partial charge in [-0.15, -0.1) is 0 Å². The molecule has 326 valence electrons. The zero-order valence-electron chi connectivity index (χ0n) is 36.3. The van der Waals surface area contributed by atoms with Gasteiger partial charge in [-0.05, 0) is 97.8 Å². The van der Waals surface area contributed by atoms with E-state index in [4.69, 9.17) is 4.74 Å². The first-order chi connectivity index (χ1) is 30.2. The summed E-state index contributed by atoms with van der Waals surface area (Å²) >= 11 is 0. The van der Waals surface area contributed by atoms with E-state index < -0.39 is 16.9 Å². The van der Waals surface area contributed by atoms with Crippen molar-refractivity contribution in [1.29, 1.82) is 5.26 Å². The van der Waals surface area contributed by atoms with Crippen LogP contribution >= 0.6 is 0 Å². The van der Waals surface area contributed by atoms with Crippen LogP contribution in [0.2, 0.25) is 0 Å². The van der Waals surface area contributed by atoms with Crippen molar-refractivity contribution in [1.82, 2.24) is 25.4 Å². The van der Waals surface area contributed by atoms with E-state index in [1.807, 2.05) is 24.3 Å². The summed E-state index contributed by atoms with van der Waals surface area (Å²) in [6.45, 7) is 13.8. The zero-order chi connectivity index (χ0) is 43.9. The number of carbonyl (C=O) groups excluding carboxylic acids is 4. The molecule has 63 heavy (non-hydrogen) atoms. The molecular formula is C49H54N8O6. The topological polar surface area (TPSA) is 171 Å². The summed E-state index contributed by atoms with van der Waals surface area (Å²) in [5.41, 5.74) is 4.21. The van der Waals surface area contributed by atoms with Gasteiger partial charge >= 0.3 is 0 Å². The Labute approximate surface area is 366 Å². The molecule has 0 radical (unpaired) electrons. The van der Waals surface area contributed by atoms with Crippen molar-refractivity contribution in [2.45, 2.75) is 96.6 Å². The Hall–Kier alpha value is -6.20. The Balaban J connectivity index is 0.700. The molecule has 3 aromatic carbocycles. The highest BCUT2D eigenvalue weighted by Crippen LogP contribution is 2.56. The van der Waals surface area contributed by atoms with Crippen LogP contribution in [0.1, 0.15) is 91.6 Å². The number of rotatable bonds is 9. The van der Waals surface area contributed by atoms with Gasteiger partial charge in [0.15, 0.2) is 0 Å². The molecule has 1 aromatic heterocycles. The maximum absolute atomic E-state index is 13.7. The van der Waals surface area contributed by atoms with E-state index in [2.05, 4.69) is 82.3 Å². The van der Waals surface area contributed by atoms with Crippen LogP contribution in [0, 0.1) is 28.1 Å². The van der Waals surface area contributed by atoms with Gasteiger partial charge in [0.05, 0.1) is 11.1 Å². The fourth-order valence-electron chi connectivity index (χ4n) is 12.0. The summed E-state index contributed by atoms with van der Waals surface area (Å²) in [4.78, 5) is 75.1. The zero-order valence-corrected chi connectivity index (χ0v) is 36.3. The van der Waals surface area contributed by atoms with Crippen molar-refractivity contribution >= 4 is 45.9 Å². The number of ether oxygens (including phenoxy) is 1. The smallest absolute Gasteiger partial charge is 0.255 e. The number of benzene rings is 3. The van der Waals surface area contributed by atoms with Crippen LogP contribution in [-0.4, -0.2) is 101 Å². The lowest BCUT2D eigenvalue weighted by atomic mass is 9.49. The fraction of sp³-hybridized carbons (Fsp3) is 0.469. The number of hydrogen-bond donors (Lipinski definition) is 3. The normalized spacial score (nSPS) is 26.4. The van der Waals surface area contributed by atoms with E-state index in [1.165, 1.54) is 12.5 Å². The minimum atomic E-state index is -0.605. The van der Waals surface area contributed by atoms with Crippen LogP contribution in [-0.2, 0) is 16.1 Å². The average Bonchev–Trinajstić information content (AvgIpc) is 3.60. The molecule has 14 nitrogen and oxygen atoms in total. The number of imide groups is 1. The van der Waals surface area contributed by atoms with E-state index in [-0.39, 0.29) is 47.8 Å². The second-order valence-electron chi connectivity index (χ2n) is 19.7. The van der Waals surface area contributed by atoms with E-state index in [0.29, 0.717) is 64.3 Å². The summed E-state index contributed by atoms with van der Waals surface area (Å²) in [6, 6.07) is 23.0. The quantitative estimate of drug-likeness (QED) is 0.196. The molecule has 5 saturated heterocycles. The van der Waals surface area contributed by atoms with Gasteiger partial charge in [0.25, 0.3) is 11.8 Å². The molecule has 4 aromatic rings. The summed E-state index contributed by atoms with van der Waals surface area (Å²) in [5.74, 6) is 0.302. The number of hydrogen-bond acceptors (Lipinski definition) is 10. The molecular weight excluding hydrogens is 797 g/mol. The third-order valence-corrected chi connectivity index (χ3v) is 15.1. The number of amides is 4. The van der Waals surface area contributed by atoms with Gasteiger partial charge in [-0.2, -0.15) is 5.26 Å². The monoisotopic (exact) mass is 850 g/mol. The van der Waals surface area contributed by atoms with E-state index >= 15 is 0 Å². The average molecular weight is 851 g/mol. The van der Waals surface area contributed by atoms with E-state index in [1.54, 1.807) is 23.1 Å². The summed E-state index contributed by atoms with van der Waals surface area (Å²) in [5, 5.41) is 16.0. The molecule has 6 fully saturated rings. The number of piperazine rings is 1. The molecule has 2 bridgehead atoms. The maximum atomic E-state index is 13.7. The standard InChI is InChI=1S/C49H54N8O6/c1-48(2)46(49(3,4)47(48)63-39-14-7-30(23-50)42-37(39)12-15-40(58)51-42)53-43(60)29-5-8-32(9-6-29)54-19-17-28(18-20-54)24-56-34-22-35(56)27-55(26-34)33-10-11-36-31(21-33)25-57(45(36)62)38-13-16-41(59)52-44(38)61/h5-12,14-15,21,28,34-35,38,46-47H,13,16-20,22,24-27H2,1-4H3,(H,51,58)(H,53,60)(H,52,59,61)/t34?,35?,38-,46?,47?/m0/s1. The predicted molar refractivity (Wildman–Crippen MR) is 237 cm³/mol. The van der Waals surface area contributed by atoms with Crippen LogP contribution < -0.4 is 30.7 Å². The first kappa shape index (κ1) is 40.8. The summed E-state index contributed by atoms with van der Waals surface area (Å²) < 4.78 is 6.63. The minimum Gasteiger partial charge on any atom is -0.488 e. The number of H-pyrrole nitrogens is 1. The van der Waals surface area contributed by atoms with Crippen LogP contribution in [0.3, 0.4) is 0 Å². The van der Waals surface area contributed by atoms with Crippen molar-refractivity contribution in [2.24, 2.45) is 16.7 Å². The first-order valence-electron chi connectivity index (χ1n) is 22.4. The lowest BCUT2D eigenvalue weighted by molar-refractivity contribution is -0.163. The van der Waals surface area contributed by atoms with Crippen molar-refractivity contribution in [3.8, 4) is 11.8 Å². The van der Waals surface area contributed by atoms with Crippen LogP contribution in [0.25, 0.3) is 10.9 Å². The molecule has 1 saturated carbocycles. The van der Waals surface area contributed by atoms with Gasteiger partial charge in [0.1, 0.15) is 24.0 Å². The summed E-state index contributed by atoms with van der Waals surface area (Å²) in [7, 11) is 0. The number of fused-ring (bicyclic) bond motifs is 4. The largest absolute Gasteiger partial charge is 0.488 e. The second-order valence-corrected chi connectivity index (χ2v) is 19.7. The lowest BCUT2D eigenvalue weighted by Crippen LogP contribution is -2.74. The molecule has 0 spiro atoms. The highest BCUT2D eigenvalue weighted by Gasteiger charge is 2.64. The Kier molecular flexibility index (Phi) is 9.89. The van der Waals surface area contributed by atoms with Crippen molar-refractivity contribution in [3.63, 3.8) is 0 Å². The third-order valence-electron chi connectivity index (χ3n) is 15.1. The SMILES string of the molecule is CC1(C)C(NC(=O)c2ccc(N3CCC(CN4C5CC4CN(c4ccc6c(c4)CN([C@H]4CCC(=O)NC4=O)C6=O)C5)CC3)cc2)C(C)(C)C1Oc1ccc(C#N)c2[nH]c(=O)ccc12. The molecule has 3 atom stereocenters. The van der Waals surface area contributed by atoms with Gasteiger partial charge in [-0.1, -0.05) is 27.7 Å². The molecule has 3 N–H and O–H groups in total. The number of nitrogens with zero attached hydrogens (tertiary/aromatic N) is 5. The Morgan fingerprint density at radius 1 is 0.873 bits per heavy atom. The molecule has 14 heteroatoms. The Morgan fingerprint density at radius 3 is 2.29 bits per heavy atom. The van der Waals surface area contributed by atoms with Crippen molar-refractivity contribution < 1.29 is 23.9 Å². The van der Waals surface area contributed by atoms with Gasteiger partial charge in [0.2, 0.25) is 17.4 Å². The molecule has 7 aliphatic rings. The first-order valence-corrected chi connectivity index (χ1v) is 22.4. The number of anilines is 2. The van der Waals surface area contributed by atoms with Gasteiger partial charge in [-0.3, -0.25) is 34.2 Å². The van der Waals surface area contributed by atoms with Crippen molar-refractivity contribution in [2.75, 3.05) is 42.5 Å². The van der Waals surface area contributed by atoms with E-state index in [9.17, 15) is 29.2 Å². The second kappa shape index (κ2) is 15.3. The molecule has 7 heterocycles. The van der Waals surface area contributed by atoms with E-state index in [0.717, 1.165) is 62.5 Å². The number of nitriles is 1. The number of aromatic amines is 1. The third kappa shape index (κ3) is 7.01.